The average Bonchev–Trinajstić information content (AvgIpc) is 2.99. The number of carboxylic acids is 1. The topological polar surface area (TPSA) is 176 Å². The Morgan fingerprint density at radius 3 is 1.93 bits per heavy atom. The number of carboxylic acid groups (broad SMARTS) is 1. The maximum absolute atomic E-state index is 12.2. The van der Waals surface area contributed by atoms with Gasteiger partial charge in [-0.1, -0.05) is 40.0 Å². The van der Waals surface area contributed by atoms with Crippen LogP contribution in [0, 0.1) is 0 Å². The van der Waals surface area contributed by atoms with Crippen molar-refractivity contribution in [3.63, 3.8) is 0 Å². The van der Waals surface area contributed by atoms with E-state index in [9.17, 15) is 30.0 Å². The Bertz CT molecular complexity index is 828. The number of carbonyl (C=O) groups excluding carboxylic acids is 2. The quantitative estimate of drug-likeness (QED) is 0.104. The van der Waals surface area contributed by atoms with Crippen molar-refractivity contribution >= 4 is 11.9 Å². The highest BCUT2D eigenvalue weighted by Crippen LogP contribution is 2.31. The zero-order valence-corrected chi connectivity index (χ0v) is 27.5. The van der Waals surface area contributed by atoms with E-state index in [1.165, 1.54) is 14.0 Å². The van der Waals surface area contributed by atoms with E-state index in [4.69, 9.17) is 23.7 Å². The van der Waals surface area contributed by atoms with Crippen molar-refractivity contribution in [2.24, 2.45) is 0 Å². The molecule has 1 amide bonds. The van der Waals surface area contributed by atoms with Crippen molar-refractivity contribution in [2.75, 3.05) is 46.5 Å². The van der Waals surface area contributed by atoms with Gasteiger partial charge in [-0.2, -0.15) is 0 Å². The van der Waals surface area contributed by atoms with Gasteiger partial charge in [-0.25, -0.2) is 0 Å². The summed E-state index contributed by atoms with van der Waals surface area (Å²) in [5.74, 6) is -2.02. The minimum absolute atomic E-state index is 0.320. The van der Waals surface area contributed by atoms with Crippen molar-refractivity contribution in [3.05, 3.63) is 0 Å². The number of carbonyl (C=O) groups is 2. The van der Waals surface area contributed by atoms with Crippen molar-refractivity contribution in [2.45, 2.75) is 141 Å². The molecule has 0 aromatic carbocycles. The van der Waals surface area contributed by atoms with Gasteiger partial charge in [0.1, 0.15) is 42.7 Å². The third kappa shape index (κ3) is 10.6. The molecule has 4 N–H and O–H groups in total. The molecule has 44 heavy (non-hydrogen) atoms. The van der Waals surface area contributed by atoms with Gasteiger partial charge in [-0.15, -0.1) is 0 Å². The first-order chi connectivity index (χ1) is 21.0. The van der Waals surface area contributed by atoms with Crippen LogP contribution in [0.15, 0.2) is 0 Å². The lowest BCUT2D eigenvalue weighted by Gasteiger charge is -2.49. The first-order valence-electron chi connectivity index (χ1n) is 16.4. The second-order valence-electron chi connectivity index (χ2n) is 12.3. The summed E-state index contributed by atoms with van der Waals surface area (Å²) in [4.78, 5) is 24.0. The number of ether oxygens (including phenoxy) is 5. The standard InChI is InChI=1S/C31H58N2O11/c1-7-10-14-33(15-11-8-2,16-12-9-3)17-13-18-41-26-22(19-34)42-20(4)23(32-21(5)35)27(26)43-31-25(37)24(36)28(40-6)29(44-31)30(38)39/h20,22-29,31,34,36-37H,7-19H2,1-6H3,(H-,32,35,38,39)/t20-,22?,23+,24?,25-,26+,27?,28-,29?,31+/m0/s1. The molecule has 0 saturated carbocycles. The van der Waals surface area contributed by atoms with Gasteiger partial charge in [0, 0.05) is 20.5 Å². The van der Waals surface area contributed by atoms with Crippen LogP contribution in [0.5, 0.6) is 0 Å². The fraction of sp³-hybridized carbons (Fsp3) is 0.935. The summed E-state index contributed by atoms with van der Waals surface area (Å²) < 4.78 is 30.2. The minimum Gasteiger partial charge on any atom is -0.547 e. The van der Waals surface area contributed by atoms with E-state index in [0.717, 1.165) is 75.6 Å². The molecule has 0 spiro atoms. The molecule has 13 heteroatoms. The summed E-state index contributed by atoms with van der Waals surface area (Å²) in [5, 5.41) is 46.3. The Labute approximate surface area is 262 Å². The molecule has 2 aliphatic rings. The number of hydrogen-bond acceptors (Lipinski definition) is 11. The smallest absolute Gasteiger partial charge is 0.217 e. The van der Waals surface area contributed by atoms with E-state index in [1.54, 1.807) is 6.92 Å². The Balaban J connectivity index is 2.30. The summed E-state index contributed by atoms with van der Waals surface area (Å²) in [6, 6.07) is -0.802. The van der Waals surface area contributed by atoms with Gasteiger partial charge in [-0.05, 0) is 26.2 Å². The Morgan fingerprint density at radius 1 is 0.886 bits per heavy atom. The van der Waals surface area contributed by atoms with Crippen LogP contribution in [0.1, 0.15) is 79.6 Å². The third-order valence-electron chi connectivity index (χ3n) is 8.87. The fourth-order valence-electron chi connectivity index (χ4n) is 6.39. The molecule has 10 atom stereocenters. The first kappa shape index (κ1) is 38.8. The third-order valence-corrected chi connectivity index (χ3v) is 8.87. The summed E-state index contributed by atoms with van der Waals surface area (Å²) in [6.07, 6.45) is -3.95. The zero-order valence-electron chi connectivity index (χ0n) is 27.5. The molecule has 0 aliphatic carbocycles. The van der Waals surface area contributed by atoms with Crippen LogP contribution >= 0.6 is 0 Å². The SMILES string of the molecule is CCCC[N+](CCCC)(CCCC)CCCO[C@@H]1C(CO)O[C@@H](C)[C@@H](NC(C)=O)C1O[C@@H]1OC(C(=O)[O-])[C@@H](OC)C(O)[C@@H]1O. The minimum atomic E-state index is -1.73. The van der Waals surface area contributed by atoms with Crippen molar-refractivity contribution < 1.29 is 58.2 Å². The number of aliphatic hydroxyl groups is 3. The summed E-state index contributed by atoms with van der Waals surface area (Å²) in [5.41, 5.74) is 0. The number of amides is 1. The first-order valence-corrected chi connectivity index (χ1v) is 16.4. The van der Waals surface area contributed by atoms with Gasteiger partial charge >= 0.3 is 0 Å². The highest BCUT2D eigenvalue weighted by atomic mass is 16.7. The molecule has 0 aromatic heterocycles. The van der Waals surface area contributed by atoms with E-state index in [0.29, 0.717) is 6.61 Å². The van der Waals surface area contributed by atoms with Crippen LogP contribution < -0.4 is 10.4 Å². The number of aliphatic hydroxyl groups excluding tert-OH is 3. The Hall–Kier alpha value is -1.42. The highest BCUT2D eigenvalue weighted by molar-refractivity contribution is 5.73. The predicted octanol–water partition coefficient (Wildman–Crippen LogP) is -0.140. The highest BCUT2D eigenvalue weighted by Gasteiger charge is 2.52. The van der Waals surface area contributed by atoms with Gasteiger partial charge in [0.15, 0.2) is 6.29 Å². The molecule has 4 unspecified atom stereocenters. The largest absolute Gasteiger partial charge is 0.547 e. The second-order valence-corrected chi connectivity index (χ2v) is 12.3. The average molecular weight is 635 g/mol. The summed E-state index contributed by atoms with van der Waals surface area (Å²) in [6.45, 7) is 13.8. The van der Waals surface area contributed by atoms with Gasteiger partial charge < -0.3 is 58.7 Å². The monoisotopic (exact) mass is 634 g/mol. The lowest BCUT2D eigenvalue weighted by molar-refractivity contribution is -0.929. The summed E-state index contributed by atoms with van der Waals surface area (Å²) >= 11 is 0. The Morgan fingerprint density at radius 2 is 1.45 bits per heavy atom. The lowest BCUT2D eigenvalue weighted by atomic mass is 9.92. The molecule has 2 fully saturated rings. The van der Waals surface area contributed by atoms with Gasteiger partial charge in [0.2, 0.25) is 5.91 Å². The van der Waals surface area contributed by atoms with Crippen LogP contribution in [0.25, 0.3) is 0 Å². The molecule has 13 nitrogen and oxygen atoms in total. The normalized spacial score (nSPS) is 32.8. The second kappa shape index (κ2) is 19.3. The molecule has 2 saturated heterocycles. The van der Waals surface area contributed by atoms with Crippen molar-refractivity contribution in [1.82, 2.24) is 5.32 Å². The fourth-order valence-corrected chi connectivity index (χ4v) is 6.39. The number of hydrogen-bond donors (Lipinski definition) is 4. The van der Waals surface area contributed by atoms with E-state index < -0.39 is 73.7 Å². The molecule has 258 valence electrons. The Kier molecular flexibility index (Phi) is 17.0. The number of rotatable bonds is 20. The molecule has 2 heterocycles. The summed E-state index contributed by atoms with van der Waals surface area (Å²) in [7, 11) is 1.18. The van der Waals surface area contributed by atoms with Crippen LogP contribution in [0.2, 0.25) is 0 Å². The number of nitrogens with zero attached hydrogens (tertiary/aromatic N) is 1. The van der Waals surface area contributed by atoms with E-state index in [1.807, 2.05) is 0 Å². The number of quaternary nitrogens is 1. The van der Waals surface area contributed by atoms with Gasteiger partial charge in [0.05, 0.1) is 57.5 Å². The van der Waals surface area contributed by atoms with Crippen LogP contribution in [-0.4, -0.2) is 139 Å². The molecule has 0 bridgehead atoms. The van der Waals surface area contributed by atoms with E-state index in [2.05, 4.69) is 26.1 Å². The predicted molar refractivity (Wildman–Crippen MR) is 159 cm³/mol. The molecule has 2 aliphatic heterocycles. The lowest BCUT2D eigenvalue weighted by Crippen LogP contribution is -2.68. The maximum Gasteiger partial charge on any atom is 0.217 e. The van der Waals surface area contributed by atoms with E-state index >= 15 is 0 Å². The number of methoxy groups -OCH3 is 1. The van der Waals surface area contributed by atoms with Gasteiger partial charge in [0.25, 0.3) is 0 Å². The number of unbranched alkanes of at least 4 members (excludes halogenated alkanes) is 3. The van der Waals surface area contributed by atoms with Crippen LogP contribution in [0.3, 0.4) is 0 Å². The molecule has 0 radical (unpaired) electrons. The van der Waals surface area contributed by atoms with Crippen molar-refractivity contribution in [3.8, 4) is 0 Å². The van der Waals surface area contributed by atoms with Gasteiger partial charge in [-0.3, -0.25) is 4.79 Å². The van der Waals surface area contributed by atoms with E-state index in [-0.39, 0.29) is 5.91 Å². The number of aliphatic carboxylic acids is 1. The molecule has 2 rings (SSSR count). The molecular formula is C31H58N2O11. The number of nitrogens with one attached hydrogen (secondary N) is 1. The molecule has 0 aromatic rings. The van der Waals surface area contributed by atoms with Crippen LogP contribution in [0.4, 0.5) is 0 Å². The van der Waals surface area contributed by atoms with Crippen molar-refractivity contribution in [1.29, 1.82) is 0 Å². The van der Waals surface area contributed by atoms with Crippen LogP contribution in [-0.2, 0) is 33.3 Å². The maximum atomic E-state index is 12.2. The zero-order chi connectivity index (χ0) is 32.9. The molecular weight excluding hydrogens is 576 g/mol.